The second-order valence-electron chi connectivity index (χ2n) is 21.4. The van der Waals surface area contributed by atoms with Gasteiger partial charge >= 0.3 is 5.97 Å². The van der Waals surface area contributed by atoms with Crippen molar-refractivity contribution in [3.63, 3.8) is 0 Å². The Labute approximate surface area is 436 Å². The standard InChI is InChI=1S/C64H121NO5/c1-3-5-7-9-11-13-15-17-19-20-22-26-30-34-38-42-46-50-54-58-64(69)70-59-55-51-47-43-39-35-31-27-24-21-23-25-29-33-37-41-45-49-53-57-63(68)65-61(60-66)62(67)56-52-48-44-40-36-32-28-18-16-14-12-10-8-6-4-2/h11,13,17,19,52,56,61-62,66-67H,3-10,12,14-16,18,20-51,53-55,57-60H2,1-2H3,(H,65,68)/b13-11-,19-17-,56-52+. The number of aliphatic hydroxyl groups excluding tert-OH is 2. The molecule has 70 heavy (non-hydrogen) atoms. The molecule has 0 saturated carbocycles. The van der Waals surface area contributed by atoms with Crippen molar-refractivity contribution in [2.24, 2.45) is 0 Å². The molecular formula is C64H121NO5. The second kappa shape index (κ2) is 59.6. The topological polar surface area (TPSA) is 95.9 Å². The number of aliphatic hydroxyl groups is 2. The van der Waals surface area contributed by atoms with Crippen LogP contribution in [0, 0.1) is 0 Å². The lowest BCUT2D eigenvalue weighted by atomic mass is 10.0. The molecule has 0 aromatic carbocycles. The normalized spacial score (nSPS) is 12.8. The summed E-state index contributed by atoms with van der Waals surface area (Å²) < 4.78 is 5.50. The molecule has 0 radical (unpaired) electrons. The van der Waals surface area contributed by atoms with Crippen molar-refractivity contribution < 1.29 is 24.5 Å². The number of rotatable bonds is 58. The largest absolute Gasteiger partial charge is 0.466 e. The van der Waals surface area contributed by atoms with Crippen LogP contribution in [-0.2, 0) is 14.3 Å². The van der Waals surface area contributed by atoms with Crippen LogP contribution in [0.5, 0.6) is 0 Å². The van der Waals surface area contributed by atoms with Gasteiger partial charge in [0.15, 0.2) is 0 Å². The third kappa shape index (κ3) is 55.4. The average molecular weight is 985 g/mol. The minimum atomic E-state index is -0.847. The Balaban J connectivity index is 3.41. The quantitative estimate of drug-likeness (QED) is 0.0321. The van der Waals surface area contributed by atoms with Crippen molar-refractivity contribution >= 4 is 11.9 Å². The van der Waals surface area contributed by atoms with Crippen molar-refractivity contribution in [2.45, 2.75) is 347 Å². The zero-order chi connectivity index (χ0) is 50.7. The van der Waals surface area contributed by atoms with Gasteiger partial charge in [-0.25, -0.2) is 0 Å². The number of allylic oxidation sites excluding steroid dienone is 5. The summed E-state index contributed by atoms with van der Waals surface area (Å²) in [5.41, 5.74) is 0. The Kier molecular flexibility index (Phi) is 58.0. The molecule has 0 bridgehead atoms. The highest BCUT2D eigenvalue weighted by Gasteiger charge is 2.18. The van der Waals surface area contributed by atoms with E-state index in [-0.39, 0.29) is 18.5 Å². The Hall–Kier alpha value is -1.92. The third-order valence-electron chi connectivity index (χ3n) is 14.4. The summed E-state index contributed by atoms with van der Waals surface area (Å²) in [6.45, 7) is 4.89. The predicted octanol–water partition coefficient (Wildman–Crippen LogP) is 19.6. The number of carbonyl (C=O) groups excluding carboxylic acids is 2. The number of unbranched alkanes of at least 4 members (excludes halogenated alkanes) is 43. The van der Waals surface area contributed by atoms with Gasteiger partial charge in [0.05, 0.1) is 25.4 Å². The van der Waals surface area contributed by atoms with E-state index in [1.807, 2.05) is 6.08 Å². The molecule has 0 aromatic rings. The van der Waals surface area contributed by atoms with E-state index in [9.17, 15) is 19.8 Å². The van der Waals surface area contributed by atoms with Gasteiger partial charge in [-0.1, -0.05) is 294 Å². The maximum atomic E-state index is 12.5. The van der Waals surface area contributed by atoms with Gasteiger partial charge in [-0.3, -0.25) is 9.59 Å². The summed E-state index contributed by atoms with van der Waals surface area (Å²) in [5.74, 6) is -0.0650. The number of esters is 1. The van der Waals surface area contributed by atoms with Crippen molar-refractivity contribution in [1.82, 2.24) is 5.32 Å². The van der Waals surface area contributed by atoms with Crippen LogP contribution in [0.1, 0.15) is 335 Å². The Morgan fingerprint density at radius 3 is 1.11 bits per heavy atom. The molecule has 0 spiro atoms. The van der Waals surface area contributed by atoms with Gasteiger partial charge < -0.3 is 20.3 Å². The lowest BCUT2D eigenvalue weighted by molar-refractivity contribution is -0.143. The van der Waals surface area contributed by atoms with Crippen LogP contribution in [0.4, 0.5) is 0 Å². The lowest BCUT2D eigenvalue weighted by Gasteiger charge is -2.20. The van der Waals surface area contributed by atoms with Crippen LogP contribution in [0.3, 0.4) is 0 Å². The van der Waals surface area contributed by atoms with Crippen LogP contribution >= 0.6 is 0 Å². The summed E-state index contributed by atoms with van der Waals surface area (Å²) in [7, 11) is 0. The van der Waals surface area contributed by atoms with E-state index in [1.54, 1.807) is 6.08 Å². The minimum absolute atomic E-state index is 0.00467. The smallest absolute Gasteiger partial charge is 0.305 e. The first kappa shape index (κ1) is 68.1. The summed E-state index contributed by atoms with van der Waals surface area (Å²) in [6, 6.07) is -0.630. The SMILES string of the molecule is CCCCC/C=C\C/C=C\CCCCCCCCCCCC(=O)OCCCCCCCCCCCCCCCCCCCCCC(=O)NC(CO)C(O)/C=C/CCCCCCCCCCCCCCC. The number of hydrogen-bond donors (Lipinski definition) is 3. The molecule has 0 heterocycles. The van der Waals surface area contributed by atoms with Crippen molar-refractivity contribution in [2.75, 3.05) is 13.2 Å². The van der Waals surface area contributed by atoms with Gasteiger partial charge in [-0.2, -0.15) is 0 Å². The predicted molar refractivity (Wildman–Crippen MR) is 306 cm³/mol. The maximum absolute atomic E-state index is 12.5. The van der Waals surface area contributed by atoms with Crippen LogP contribution in [-0.4, -0.2) is 47.4 Å². The molecule has 0 rings (SSSR count). The van der Waals surface area contributed by atoms with Crippen LogP contribution in [0.15, 0.2) is 36.5 Å². The zero-order valence-electron chi connectivity index (χ0n) is 47.0. The minimum Gasteiger partial charge on any atom is -0.466 e. The van der Waals surface area contributed by atoms with Gasteiger partial charge in [0, 0.05) is 12.8 Å². The van der Waals surface area contributed by atoms with Crippen molar-refractivity contribution in [3.05, 3.63) is 36.5 Å². The zero-order valence-corrected chi connectivity index (χ0v) is 47.0. The number of ether oxygens (including phenoxy) is 1. The van der Waals surface area contributed by atoms with Gasteiger partial charge in [-0.05, 0) is 64.2 Å². The number of nitrogens with one attached hydrogen (secondary N) is 1. The summed E-state index contributed by atoms with van der Waals surface area (Å²) in [5, 5.41) is 23.1. The fourth-order valence-corrected chi connectivity index (χ4v) is 9.61. The molecular weight excluding hydrogens is 863 g/mol. The first-order chi connectivity index (χ1) is 34.5. The van der Waals surface area contributed by atoms with E-state index in [0.717, 1.165) is 51.4 Å². The van der Waals surface area contributed by atoms with Crippen LogP contribution in [0.2, 0.25) is 0 Å². The van der Waals surface area contributed by atoms with Crippen molar-refractivity contribution in [1.29, 1.82) is 0 Å². The van der Waals surface area contributed by atoms with E-state index < -0.39 is 12.1 Å². The highest BCUT2D eigenvalue weighted by molar-refractivity contribution is 5.76. The van der Waals surface area contributed by atoms with E-state index in [2.05, 4.69) is 43.5 Å². The van der Waals surface area contributed by atoms with Gasteiger partial charge in [0.2, 0.25) is 5.91 Å². The highest BCUT2D eigenvalue weighted by atomic mass is 16.5. The monoisotopic (exact) mass is 984 g/mol. The molecule has 2 atom stereocenters. The molecule has 0 aliphatic carbocycles. The second-order valence-corrected chi connectivity index (χ2v) is 21.4. The Morgan fingerprint density at radius 1 is 0.400 bits per heavy atom. The lowest BCUT2D eigenvalue weighted by Crippen LogP contribution is -2.45. The van der Waals surface area contributed by atoms with Crippen molar-refractivity contribution in [3.8, 4) is 0 Å². The van der Waals surface area contributed by atoms with E-state index in [0.29, 0.717) is 19.4 Å². The van der Waals surface area contributed by atoms with E-state index in [4.69, 9.17) is 4.74 Å². The maximum Gasteiger partial charge on any atom is 0.305 e. The molecule has 0 saturated heterocycles. The third-order valence-corrected chi connectivity index (χ3v) is 14.4. The molecule has 6 nitrogen and oxygen atoms in total. The van der Waals surface area contributed by atoms with Gasteiger partial charge in [-0.15, -0.1) is 0 Å². The van der Waals surface area contributed by atoms with Crippen LogP contribution < -0.4 is 5.32 Å². The van der Waals surface area contributed by atoms with Gasteiger partial charge in [0.1, 0.15) is 0 Å². The number of hydrogen-bond acceptors (Lipinski definition) is 5. The fourth-order valence-electron chi connectivity index (χ4n) is 9.61. The molecule has 1 amide bonds. The van der Waals surface area contributed by atoms with Gasteiger partial charge in [0.25, 0.3) is 0 Å². The summed E-state index contributed by atoms with van der Waals surface area (Å²) in [6.07, 6.45) is 74.6. The molecule has 6 heteroatoms. The molecule has 0 aliphatic heterocycles. The fraction of sp³-hybridized carbons (Fsp3) is 0.875. The molecule has 0 fully saturated rings. The van der Waals surface area contributed by atoms with Crippen LogP contribution in [0.25, 0.3) is 0 Å². The van der Waals surface area contributed by atoms with E-state index in [1.165, 1.54) is 257 Å². The number of carbonyl (C=O) groups is 2. The van der Waals surface area contributed by atoms with E-state index >= 15 is 0 Å². The molecule has 0 aromatic heterocycles. The Morgan fingerprint density at radius 2 is 0.714 bits per heavy atom. The highest BCUT2D eigenvalue weighted by Crippen LogP contribution is 2.17. The summed E-state index contributed by atoms with van der Waals surface area (Å²) in [4.78, 5) is 24.6. The average Bonchev–Trinajstić information content (AvgIpc) is 3.36. The molecule has 2 unspecified atom stereocenters. The molecule has 412 valence electrons. The first-order valence-electron chi connectivity index (χ1n) is 31.3. The first-order valence-corrected chi connectivity index (χ1v) is 31.3. The molecule has 0 aliphatic rings. The summed E-state index contributed by atoms with van der Waals surface area (Å²) >= 11 is 0. The Bertz CT molecular complexity index is 1130. The number of amides is 1. The molecule has 3 N–H and O–H groups in total.